The van der Waals surface area contributed by atoms with Crippen LogP contribution in [0.1, 0.15) is 18.9 Å². The Morgan fingerprint density at radius 3 is 2.58 bits per heavy atom. The van der Waals surface area contributed by atoms with Gasteiger partial charge in [-0.25, -0.2) is 4.39 Å². The number of ether oxygens (including phenoxy) is 1. The average molecular weight is 379 g/mol. The molecule has 26 heavy (non-hydrogen) atoms. The predicted molar refractivity (Wildman–Crippen MR) is 100 cm³/mol. The van der Waals surface area contributed by atoms with Gasteiger partial charge in [0.05, 0.1) is 18.5 Å². The highest BCUT2D eigenvalue weighted by Crippen LogP contribution is 2.31. The van der Waals surface area contributed by atoms with Gasteiger partial charge in [-0.2, -0.15) is 0 Å². The minimum atomic E-state index is -0.516. The summed E-state index contributed by atoms with van der Waals surface area (Å²) < 4.78 is 19.1. The first-order chi connectivity index (χ1) is 12.3. The van der Waals surface area contributed by atoms with Gasteiger partial charge in [0.2, 0.25) is 11.8 Å². The summed E-state index contributed by atoms with van der Waals surface area (Å²) in [6.07, 6.45) is -0.00125. The maximum atomic E-state index is 13.9. The van der Waals surface area contributed by atoms with E-state index in [0.717, 1.165) is 5.56 Å². The zero-order chi connectivity index (χ0) is 19.3. The lowest BCUT2D eigenvalue weighted by Gasteiger charge is -2.21. The first-order valence-corrected chi connectivity index (χ1v) is 8.38. The number of rotatable bonds is 6. The number of aryl methyl sites for hydroxylation is 1. The SMILES string of the molecule is COc1cc(Cl)c(C)cc1NC(=O)CCN(C(C)=O)c1ccccc1F. The molecule has 0 saturated heterocycles. The Morgan fingerprint density at radius 2 is 1.96 bits per heavy atom. The molecule has 0 aromatic heterocycles. The lowest BCUT2D eigenvalue weighted by Crippen LogP contribution is -2.32. The summed E-state index contributed by atoms with van der Waals surface area (Å²) in [7, 11) is 1.48. The second-order valence-corrected chi connectivity index (χ2v) is 6.13. The number of nitrogens with one attached hydrogen (secondary N) is 1. The number of hydrogen-bond acceptors (Lipinski definition) is 3. The van der Waals surface area contributed by atoms with Crippen molar-refractivity contribution in [2.75, 3.05) is 23.9 Å². The largest absolute Gasteiger partial charge is 0.495 e. The smallest absolute Gasteiger partial charge is 0.226 e. The molecule has 0 saturated carbocycles. The second-order valence-electron chi connectivity index (χ2n) is 5.72. The fraction of sp³-hybridized carbons (Fsp3) is 0.263. The molecule has 0 fully saturated rings. The number of amides is 2. The third-order valence-electron chi connectivity index (χ3n) is 3.84. The Morgan fingerprint density at radius 1 is 1.27 bits per heavy atom. The highest BCUT2D eigenvalue weighted by atomic mass is 35.5. The van der Waals surface area contributed by atoms with Gasteiger partial charge in [-0.15, -0.1) is 0 Å². The molecule has 0 spiro atoms. The predicted octanol–water partition coefficient (Wildman–Crippen LogP) is 4.18. The van der Waals surface area contributed by atoms with Gasteiger partial charge in [0, 0.05) is 31.0 Å². The number of nitrogens with zero attached hydrogens (tertiary/aromatic N) is 1. The summed E-state index contributed by atoms with van der Waals surface area (Å²) in [5, 5.41) is 3.27. The van der Waals surface area contributed by atoms with Crippen LogP contribution in [0.3, 0.4) is 0 Å². The minimum absolute atomic E-state index is 0.00125. The summed E-state index contributed by atoms with van der Waals surface area (Å²) >= 11 is 6.05. The first kappa shape index (κ1) is 19.7. The molecule has 7 heteroatoms. The summed E-state index contributed by atoms with van der Waals surface area (Å²) in [6, 6.07) is 9.27. The minimum Gasteiger partial charge on any atom is -0.495 e. The number of benzene rings is 2. The van der Waals surface area contributed by atoms with Crippen molar-refractivity contribution in [1.29, 1.82) is 0 Å². The second kappa shape index (κ2) is 8.67. The van der Waals surface area contributed by atoms with Crippen molar-refractivity contribution in [3.63, 3.8) is 0 Å². The highest BCUT2D eigenvalue weighted by Gasteiger charge is 2.17. The van der Waals surface area contributed by atoms with Gasteiger partial charge in [0.25, 0.3) is 0 Å². The third-order valence-corrected chi connectivity index (χ3v) is 4.25. The van der Waals surface area contributed by atoms with E-state index in [0.29, 0.717) is 16.5 Å². The van der Waals surface area contributed by atoms with Crippen molar-refractivity contribution >= 4 is 34.8 Å². The number of para-hydroxylation sites is 1. The van der Waals surface area contributed by atoms with E-state index in [1.165, 1.54) is 31.1 Å². The van der Waals surface area contributed by atoms with E-state index < -0.39 is 5.82 Å². The molecule has 0 heterocycles. The molecule has 0 bridgehead atoms. The molecular formula is C19H20ClFN2O3. The molecule has 1 N–H and O–H groups in total. The van der Waals surface area contributed by atoms with Crippen LogP contribution in [0, 0.1) is 12.7 Å². The van der Waals surface area contributed by atoms with Crippen molar-refractivity contribution in [3.05, 3.63) is 52.8 Å². The summed E-state index contributed by atoms with van der Waals surface area (Å²) in [5.74, 6) is -0.750. The Hall–Kier alpha value is -2.60. The fourth-order valence-corrected chi connectivity index (χ4v) is 2.63. The van der Waals surface area contributed by atoms with E-state index in [1.54, 1.807) is 24.3 Å². The number of carbonyl (C=O) groups is 2. The fourth-order valence-electron chi connectivity index (χ4n) is 2.47. The monoisotopic (exact) mass is 378 g/mol. The normalized spacial score (nSPS) is 10.3. The zero-order valence-corrected chi connectivity index (χ0v) is 15.6. The molecule has 2 aromatic carbocycles. The molecule has 0 aliphatic heterocycles. The van der Waals surface area contributed by atoms with Gasteiger partial charge in [0.1, 0.15) is 11.6 Å². The van der Waals surface area contributed by atoms with Crippen LogP contribution in [0.2, 0.25) is 5.02 Å². The molecule has 5 nitrogen and oxygen atoms in total. The number of hydrogen-bond donors (Lipinski definition) is 1. The van der Waals surface area contributed by atoms with Gasteiger partial charge in [-0.05, 0) is 30.7 Å². The molecule has 2 amide bonds. The average Bonchev–Trinajstić information content (AvgIpc) is 2.59. The third kappa shape index (κ3) is 4.73. The molecule has 0 aliphatic rings. The number of halogens is 2. The molecule has 2 aromatic rings. The Kier molecular flexibility index (Phi) is 6.58. The van der Waals surface area contributed by atoms with E-state index in [-0.39, 0.29) is 30.5 Å². The van der Waals surface area contributed by atoms with Crippen LogP contribution >= 0.6 is 11.6 Å². The van der Waals surface area contributed by atoms with Gasteiger partial charge in [0.15, 0.2) is 0 Å². The van der Waals surface area contributed by atoms with E-state index >= 15 is 0 Å². The van der Waals surface area contributed by atoms with Gasteiger partial charge in [-0.1, -0.05) is 23.7 Å². The summed E-state index contributed by atoms with van der Waals surface area (Å²) in [5.41, 5.74) is 1.42. The van der Waals surface area contributed by atoms with Crippen molar-refractivity contribution in [2.24, 2.45) is 0 Å². The van der Waals surface area contributed by atoms with E-state index in [2.05, 4.69) is 5.32 Å². The van der Waals surface area contributed by atoms with Crippen LogP contribution in [-0.4, -0.2) is 25.5 Å². The van der Waals surface area contributed by atoms with Crippen LogP contribution in [0.4, 0.5) is 15.8 Å². The maximum absolute atomic E-state index is 13.9. The van der Waals surface area contributed by atoms with Gasteiger partial charge in [-0.3, -0.25) is 9.59 Å². The Bertz CT molecular complexity index is 826. The van der Waals surface area contributed by atoms with Crippen LogP contribution in [0.15, 0.2) is 36.4 Å². The van der Waals surface area contributed by atoms with Crippen LogP contribution in [-0.2, 0) is 9.59 Å². The summed E-state index contributed by atoms with van der Waals surface area (Å²) in [6.45, 7) is 3.19. The molecule has 0 aliphatic carbocycles. The number of methoxy groups -OCH3 is 1. The quantitative estimate of drug-likeness (QED) is 0.820. The van der Waals surface area contributed by atoms with E-state index in [9.17, 15) is 14.0 Å². The standard InChI is InChI=1S/C19H20ClFN2O3/c1-12-10-16(18(26-3)11-14(12)20)22-19(25)8-9-23(13(2)24)17-7-5-4-6-15(17)21/h4-7,10-11H,8-9H2,1-3H3,(H,22,25). The first-order valence-electron chi connectivity index (χ1n) is 8.00. The van der Waals surface area contributed by atoms with Crippen LogP contribution in [0.25, 0.3) is 0 Å². The van der Waals surface area contributed by atoms with Crippen molar-refractivity contribution in [1.82, 2.24) is 0 Å². The molecule has 138 valence electrons. The topological polar surface area (TPSA) is 58.6 Å². The van der Waals surface area contributed by atoms with E-state index in [4.69, 9.17) is 16.3 Å². The Labute approximate surface area is 156 Å². The Balaban J connectivity index is 2.09. The van der Waals surface area contributed by atoms with Crippen molar-refractivity contribution < 1.29 is 18.7 Å². The molecular weight excluding hydrogens is 359 g/mol. The lowest BCUT2D eigenvalue weighted by molar-refractivity contribution is -0.117. The molecule has 0 radical (unpaired) electrons. The number of anilines is 2. The highest BCUT2D eigenvalue weighted by molar-refractivity contribution is 6.31. The van der Waals surface area contributed by atoms with E-state index in [1.807, 2.05) is 6.92 Å². The molecule has 2 rings (SSSR count). The van der Waals surface area contributed by atoms with Crippen LogP contribution < -0.4 is 15.0 Å². The van der Waals surface area contributed by atoms with Crippen molar-refractivity contribution in [2.45, 2.75) is 20.3 Å². The number of carbonyl (C=O) groups excluding carboxylic acids is 2. The lowest BCUT2D eigenvalue weighted by atomic mass is 10.2. The molecule has 0 unspecified atom stereocenters. The molecule has 0 atom stereocenters. The van der Waals surface area contributed by atoms with Gasteiger partial charge >= 0.3 is 0 Å². The van der Waals surface area contributed by atoms with Crippen molar-refractivity contribution in [3.8, 4) is 5.75 Å². The zero-order valence-electron chi connectivity index (χ0n) is 14.8. The maximum Gasteiger partial charge on any atom is 0.226 e. The van der Waals surface area contributed by atoms with Crippen LogP contribution in [0.5, 0.6) is 5.75 Å². The summed E-state index contributed by atoms with van der Waals surface area (Å²) in [4.78, 5) is 25.4. The van der Waals surface area contributed by atoms with Gasteiger partial charge < -0.3 is 15.0 Å².